The zero-order valence-corrected chi connectivity index (χ0v) is 14.4. The molecule has 2 heterocycles. The molecule has 0 fully saturated rings. The van der Waals surface area contributed by atoms with Gasteiger partial charge in [0.05, 0.1) is 12.2 Å². The van der Waals surface area contributed by atoms with Gasteiger partial charge in [-0.25, -0.2) is 9.48 Å². The quantitative estimate of drug-likeness (QED) is 0.817. The van der Waals surface area contributed by atoms with Gasteiger partial charge in [0.2, 0.25) is 0 Å². The number of thiophene rings is 1. The van der Waals surface area contributed by atoms with Crippen molar-refractivity contribution in [3.05, 3.63) is 34.0 Å². The Kier molecular flexibility index (Phi) is 5.12. The second-order valence-electron chi connectivity index (χ2n) is 5.55. The van der Waals surface area contributed by atoms with Crippen LogP contribution in [0.15, 0.2) is 12.3 Å². The fraction of sp³-hybridized carbons (Fsp3) is 0.438. The van der Waals surface area contributed by atoms with Crippen molar-refractivity contribution in [3.63, 3.8) is 0 Å². The molecular weight excluding hydrogens is 352 g/mol. The number of hydrogen-bond donors (Lipinski definition) is 1. The van der Waals surface area contributed by atoms with Crippen LogP contribution in [0.2, 0.25) is 0 Å². The maximum Gasteiger partial charge on any atom is 0.341 e. The number of nitrogens with one attached hydrogen (secondary N) is 1. The third kappa shape index (κ3) is 3.55. The SMILES string of the molecule is CCOC(=O)c1c(NC(=O)c2ccn(C(F)F)n2)sc2c1CCCC2. The highest BCUT2D eigenvalue weighted by atomic mass is 32.1. The Bertz CT molecular complexity index is 801. The number of aryl methyl sites for hydroxylation is 1. The van der Waals surface area contributed by atoms with Crippen LogP contribution in [0.25, 0.3) is 0 Å². The lowest BCUT2D eigenvalue weighted by atomic mass is 9.95. The van der Waals surface area contributed by atoms with Crippen LogP contribution in [0.1, 0.15) is 57.6 Å². The molecule has 2 aromatic heterocycles. The van der Waals surface area contributed by atoms with E-state index >= 15 is 0 Å². The topological polar surface area (TPSA) is 73.2 Å². The number of amides is 1. The normalized spacial score (nSPS) is 13.6. The maximum atomic E-state index is 12.6. The summed E-state index contributed by atoms with van der Waals surface area (Å²) in [6.45, 7) is -0.868. The van der Waals surface area contributed by atoms with E-state index in [1.807, 2.05) is 0 Å². The van der Waals surface area contributed by atoms with Crippen LogP contribution < -0.4 is 5.32 Å². The molecule has 6 nitrogen and oxygen atoms in total. The first-order chi connectivity index (χ1) is 12.0. The number of hydrogen-bond acceptors (Lipinski definition) is 5. The predicted molar refractivity (Wildman–Crippen MR) is 88.4 cm³/mol. The van der Waals surface area contributed by atoms with Gasteiger partial charge < -0.3 is 10.1 Å². The van der Waals surface area contributed by atoms with E-state index in [4.69, 9.17) is 4.74 Å². The third-order valence-corrected chi connectivity index (χ3v) is 5.13. The molecular formula is C16H17F2N3O3S. The monoisotopic (exact) mass is 369 g/mol. The molecule has 134 valence electrons. The first kappa shape index (κ1) is 17.5. The summed E-state index contributed by atoms with van der Waals surface area (Å²) < 4.78 is 30.7. The van der Waals surface area contributed by atoms with Gasteiger partial charge in [0, 0.05) is 11.1 Å². The van der Waals surface area contributed by atoms with Gasteiger partial charge >= 0.3 is 12.5 Å². The molecule has 1 N–H and O–H groups in total. The van der Waals surface area contributed by atoms with Crippen LogP contribution in [0.4, 0.5) is 13.8 Å². The van der Waals surface area contributed by atoms with Crippen molar-refractivity contribution in [2.24, 2.45) is 0 Å². The van der Waals surface area contributed by atoms with Crippen molar-refractivity contribution in [3.8, 4) is 0 Å². The van der Waals surface area contributed by atoms with Gasteiger partial charge in [-0.2, -0.15) is 13.9 Å². The van der Waals surface area contributed by atoms with Crippen molar-refractivity contribution < 1.29 is 23.1 Å². The Hall–Kier alpha value is -2.29. The van der Waals surface area contributed by atoms with Gasteiger partial charge in [-0.15, -0.1) is 11.3 Å². The van der Waals surface area contributed by atoms with Gasteiger partial charge in [0.15, 0.2) is 5.69 Å². The molecule has 0 aromatic carbocycles. The summed E-state index contributed by atoms with van der Waals surface area (Å²) in [6, 6.07) is 1.21. The van der Waals surface area contributed by atoms with Crippen LogP contribution in [0.3, 0.4) is 0 Å². The summed E-state index contributed by atoms with van der Waals surface area (Å²) >= 11 is 1.34. The number of fused-ring (bicyclic) bond motifs is 1. The molecule has 0 unspecified atom stereocenters. The first-order valence-corrected chi connectivity index (χ1v) is 8.79. The highest BCUT2D eigenvalue weighted by molar-refractivity contribution is 7.17. The molecule has 0 saturated heterocycles. The Morgan fingerprint density at radius 2 is 2.16 bits per heavy atom. The van der Waals surface area contributed by atoms with Gasteiger partial charge in [0.1, 0.15) is 5.00 Å². The maximum absolute atomic E-state index is 12.6. The molecule has 0 spiro atoms. The van der Waals surface area contributed by atoms with E-state index in [9.17, 15) is 18.4 Å². The first-order valence-electron chi connectivity index (χ1n) is 7.97. The fourth-order valence-electron chi connectivity index (χ4n) is 2.81. The average Bonchev–Trinajstić information content (AvgIpc) is 3.19. The number of ether oxygens (including phenoxy) is 1. The number of halogens is 2. The Balaban J connectivity index is 1.89. The van der Waals surface area contributed by atoms with E-state index in [1.54, 1.807) is 6.92 Å². The van der Waals surface area contributed by atoms with E-state index in [-0.39, 0.29) is 12.3 Å². The Morgan fingerprint density at radius 3 is 2.84 bits per heavy atom. The number of carbonyl (C=O) groups excluding carboxylic acids is 2. The van der Waals surface area contributed by atoms with E-state index in [1.165, 1.54) is 17.4 Å². The Labute approximate surface area is 146 Å². The van der Waals surface area contributed by atoms with Crippen LogP contribution >= 0.6 is 11.3 Å². The zero-order valence-electron chi connectivity index (χ0n) is 13.6. The molecule has 0 bridgehead atoms. The Morgan fingerprint density at radius 1 is 1.40 bits per heavy atom. The smallest absolute Gasteiger partial charge is 0.341 e. The minimum Gasteiger partial charge on any atom is -0.462 e. The van der Waals surface area contributed by atoms with Crippen molar-refractivity contribution in [1.29, 1.82) is 0 Å². The van der Waals surface area contributed by atoms with Crippen molar-refractivity contribution in [2.45, 2.75) is 39.2 Å². The molecule has 0 radical (unpaired) electrons. The summed E-state index contributed by atoms with van der Waals surface area (Å²) in [7, 11) is 0. The molecule has 2 aromatic rings. The molecule has 0 aliphatic heterocycles. The molecule has 1 amide bonds. The molecule has 9 heteroatoms. The second kappa shape index (κ2) is 7.30. The molecule has 0 saturated carbocycles. The summed E-state index contributed by atoms with van der Waals surface area (Å²) in [6.07, 6.45) is 4.65. The summed E-state index contributed by atoms with van der Waals surface area (Å²) in [5.74, 6) is -1.11. The van der Waals surface area contributed by atoms with Crippen LogP contribution in [-0.2, 0) is 17.6 Å². The highest BCUT2D eigenvalue weighted by Gasteiger charge is 2.27. The zero-order chi connectivity index (χ0) is 18.0. The average molecular weight is 369 g/mol. The van der Waals surface area contributed by atoms with E-state index in [2.05, 4.69) is 10.4 Å². The number of aromatic nitrogens is 2. The number of alkyl halides is 2. The lowest BCUT2D eigenvalue weighted by Crippen LogP contribution is -2.16. The van der Waals surface area contributed by atoms with Gasteiger partial charge in [-0.3, -0.25) is 4.79 Å². The van der Waals surface area contributed by atoms with Gasteiger partial charge in [0.25, 0.3) is 5.91 Å². The van der Waals surface area contributed by atoms with Crippen LogP contribution in [0.5, 0.6) is 0 Å². The lowest BCUT2D eigenvalue weighted by molar-refractivity contribution is 0.0525. The van der Waals surface area contributed by atoms with Gasteiger partial charge in [-0.1, -0.05) is 0 Å². The molecule has 3 rings (SSSR count). The fourth-order valence-corrected chi connectivity index (χ4v) is 4.08. The van der Waals surface area contributed by atoms with E-state index < -0.39 is 18.4 Å². The van der Waals surface area contributed by atoms with E-state index in [0.717, 1.165) is 42.3 Å². The number of rotatable bonds is 5. The number of anilines is 1. The summed E-state index contributed by atoms with van der Waals surface area (Å²) in [4.78, 5) is 25.7. The van der Waals surface area contributed by atoms with Crippen molar-refractivity contribution in [2.75, 3.05) is 11.9 Å². The molecule has 1 aliphatic rings. The molecule has 1 aliphatic carbocycles. The third-order valence-electron chi connectivity index (χ3n) is 3.92. The number of nitrogens with zero attached hydrogens (tertiary/aromatic N) is 2. The minimum atomic E-state index is -2.81. The summed E-state index contributed by atoms with van der Waals surface area (Å²) in [5, 5.41) is 6.57. The molecule has 25 heavy (non-hydrogen) atoms. The van der Waals surface area contributed by atoms with Crippen LogP contribution in [-0.4, -0.2) is 28.3 Å². The molecule has 0 atom stereocenters. The number of carbonyl (C=O) groups is 2. The lowest BCUT2D eigenvalue weighted by Gasteiger charge is -2.12. The highest BCUT2D eigenvalue weighted by Crippen LogP contribution is 2.38. The largest absolute Gasteiger partial charge is 0.462 e. The number of esters is 1. The van der Waals surface area contributed by atoms with Crippen molar-refractivity contribution in [1.82, 2.24) is 9.78 Å². The summed E-state index contributed by atoms with van der Waals surface area (Å²) in [5.41, 5.74) is 1.16. The standard InChI is InChI=1S/C16H17F2N3O3S/c1-2-24-15(23)12-9-5-3-4-6-11(9)25-14(12)19-13(22)10-7-8-21(20-10)16(17)18/h7-8,16H,2-6H2,1H3,(H,19,22). The predicted octanol–water partition coefficient (Wildman–Crippen LogP) is 3.65. The second-order valence-corrected chi connectivity index (χ2v) is 6.65. The minimum absolute atomic E-state index is 0.138. The van der Waals surface area contributed by atoms with E-state index in [0.29, 0.717) is 15.2 Å². The van der Waals surface area contributed by atoms with Crippen LogP contribution in [0, 0.1) is 0 Å². The van der Waals surface area contributed by atoms with Gasteiger partial charge in [-0.05, 0) is 44.2 Å². The van der Waals surface area contributed by atoms with Crippen molar-refractivity contribution >= 4 is 28.2 Å².